The first-order valence-corrected chi connectivity index (χ1v) is 9.67. The van der Waals surface area contributed by atoms with Crippen LogP contribution >= 0.6 is 0 Å². The van der Waals surface area contributed by atoms with Crippen molar-refractivity contribution in [1.82, 2.24) is 5.32 Å². The molecule has 0 saturated heterocycles. The highest BCUT2D eigenvalue weighted by Gasteiger charge is 2.42. The van der Waals surface area contributed by atoms with Crippen molar-refractivity contribution < 1.29 is 27.8 Å². The average Bonchev–Trinajstić information content (AvgIpc) is 2.82. The SMILES string of the molecule is CNCC(C)N1C(=O)[C@H](O)C(c2ccc(OC)cc2)Cc2c1cccc2C(F)(F)F. The number of amides is 1. The van der Waals surface area contributed by atoms with E-state index in [2.05, 4.69) is 5.32 Å². The zero-order valence-corrected chi connectivity index (χ0v) is 17.0. The summed E-state index contributed by atoms with van der Waals surface area (Å²) in [5.74, 6) is -0.858. The molecule has 2 aromatic rings. The lowest BCUT2D eigenvalue weighted by molar-refractivity contribution is -0.138. The molecule has 162 valence electrons. The predicted octanol–water partition coefficient (Wildman–Crippen LogP) is 3.36. The monoisotopic (exact) mass is 422 g/mol. The van der Waals surface area contributed by atoms with E-state index in [-0.39, 0.29) is 17.7 Å². The van der Waals surface area contributed by atoms with Gasteiger partial charge in [0.25, 0.3) is 5.91 Å². The number of likely N-dealkylation sites (N-methyl/N-ethyl adjacent to an activating group) is 1. The van der Waals surface area contributed by atoms with Gasteiger partial charge >= 0.3 is 6.18 Å². The first kappa shape index (κ1) is 22.1. The van der Waals surface area contributed by atoms with Crippen molar-refractivity contribution in [1.29, 1.82) is 0 Å². The number of halogens is 3. The lowest BCUT2D eigenvalue weighted by atomic mass is 9.86. The van der Waals surface area contributed by atoms with Gasteiger partial charge in [-0.25, -0.2) is 0 Å². The first-order valence-electron chi connectivity index (χ1n) is 9.67. The molecule has 30 heavy (non-hydrogen) atoms. The smallest absolute Gasteiger partial charge is 0.416 e. The van der Waals surface area contributed by atoms with E-state index in [1.807, 2.05) is 0 Å². The van der Waals surface area contributed by atoms with Crippen LogP contribution in [0.3, 0.4) is 0 Å². The molecule has 5 nitrogen and oxygen atoms in total. The Morgan fingerprint density at radius 2 is 1.90 bits per heavy atom. The summed E-state index contributed by atoms with van der Waals surface area (Å²) < 4.78 is 46.6. The van der Waals surface area contributed by atoms with E-state index >= 15 is 0 Å². The minimum atomic E-state index is -4.58. The average molecular weight is 422 g/mol. The summed E-state index contributed by atoms with van der Waals surface area (Å²) in [5, 5.41) is 13.9. The molecule has 0 saturated carbocycles. The van der Waals surface area contributed by atoms with Crippen molar-refractivity contribution in [2.45, 2.75) is 37.6 Å². The van der Waals surface area contributed by atoms with E-state index in [0.717, 1.165) is 6.07 Å². The molecule has 3 atom stereocenters. The number of benzene rings is 2. The molecule has 0 fully saturated rings. The molecule has 1 aliphatic heterocycles. The Balaban J connectivity index is 2.18. The van der Waals surface area contributed by atoms with Gasteiger partial charge in [0, 0.05) is 24.2 Å². The Hall–Kier alpha value is -2.58. The number of hydrogen-bond donors (Lipinski definition) is 2. The molecule has 0 aliphatic carbocycles. The van der Waals surface area contributed by atoms with Crippen LogP contribution in [-0.2, 0) is 17.4 Å². The maximum absolute atomic E-state index is 13.8. The van der Waals surface area contributed by atoms with Crippen LogP contribution in [0.4, 0.5) is 18.9 Å². The Morgan fingerprint density at radius 1 is 1.23 bits per heavy atom. The quantitative estimate of drug-likeness (QED) is 0.776. The third kappa shape index (κ3) is 4.15. The van der Waals surface area contributed by atoms with Crippen LogP contribution in [0.25, 0.3) is 0 Å². The van der Waals surface area contributed by atoms with E-state index in [0.29, 0.717) is 17.9 Å². The fraction of sp³-hybridized carbons (Fsp3) is 0.409. The molecule has 0 bridgehead atoms. The number of nitrogens with one attached hydrogen (secondary N) is 1. The van der Waals surface area contributed by atoms with Crippen LogP contribution in [0, 0.1) is 0 Å². The van der Waals surface area contributed by atoms with Crippen LogP contribution in [0.2, 0.25) is 0 Å². The zero-order chi connectivity index (χ0) is 22.1. The maximum Gasteiger partial charge on any atom is 0.416 e. The zero-order valence-electron chi connectivity index (χ0n) is 17.0. The number of fused-ring (bicyclic) bond motifs is 1. The Morgan fingerprint density at radius 3 is 2.47 bits per heavy atom. The number of rotatable bonds is 5. The van der Waals surface area contributed by atoms with Crippen LogP contribution in [0.5, 0.6) is 5.75 Å². The molecular weight excluding hydrogens is 397 g/mol. The Labute approximate surface area is 173 Å². The van der Waals surface area contributed by atoms with E-state index in [1.54, 1.807) is 38.2 Å². The summed E-state index contributed by atoms with van der Waals surface area (Å²) in [6.07, 6.45) is -6.18. The minimum Gasteiger partial charge on any atom is -0.497 e. The van der Waals surface area contributed by atoms with Crippen molar-refractivity contribution >= 4 is 11.6 Å². The van der Waals surface area contributed by atoms with Gasteiger partial charge in [-0.15, -0.1) is 0 Å². The van der Waals surface area contributed by atoms with Gasteiger partial charge in [-0.3, -0.25) is 4.79 Å². The standard InChI is InChI=1S/C22H25F3N2O3/c1-13(12-26-2)27-19-6-4-5-18(22(23,24)25)17(19)11-16(20(28)21(27)29)14-7-9-15(30-3)10-8-14/h4-10,13,16,20,26,28H,11-12H2,1-3H3/t13?,16?,20-/m1/s1. The van der Waals surface area contributed by atoms with Gasteiger partial charge in [-0.2, -0.15) is 13.2 Å². The summed E-state index contributed by atoms with van der Waals surface area (Å²) in [6.45, 7) is 2.10. The van der Waals surface area contributed by atoms with E-state index in [1.165, 1.54) is 24.1 Å². The summed E-state index contributed by atoms with van der Waals surface area (Å²) in [4.78, 5) is 14.5. The summed E-state index contributed by atoms with van der Waals surface area (Å²) in [6, 6.07) is 10.0. The highest BCUT2D eigenvalue weighted by Crippen LogP contribution is 2.42. The lowest BCUT2D eigenvalue weighted by Gasteiger charge is -2.31. The first-order chi connectivity index (χ1) is 14.2. The second-order valence-electron chi connectivity index (χ2n) is 7.44. The molecule has 1 aliphatic rings. The number of aliphatic hydroxyl groups is 1. The van der Waals surface area contributed by atoms with E-state index in [4.69, 9.17) is 4.74 Å². The van der Waals surface area contributed by atoms with Gasteiger partial charge in [0.2, 0.25) is 0 Å². The molecule has 3 rings (SSSR count). The Bertz CT molecular complexity index is 899. The van der Waals surface area contributed by atoms with Gasteiger partial charge in [-0.05, 0) is 55.8 Å². The highest BCUT2D eigenvalue weighted by atomic mass is 19.4. The number of anilines is 1. The van der Waals surface area contributed by atoms with Crippen LogP contribution in [0.1, 0.15) is 29.5 Å². The number of alkyl halides is 3. The molecule has 8 heteroatoms. The highest BCUT2D eigenvalue weighted by molar-refractivity contribution is 5.99. The normalized spacial score (nSPS) is 20.5. The van der Waals surface area contributed by atoms with Gasteiger partial charge < -0.3 is 20.1 Å². The number of methoxy groups -OCH3 is 1. The largest absolute Gasteiger partial charge is 0.497 e. The van der Waals surface area contributed by atoms with Crippen molar-refractivity contribution in [2.24, 2.45) is 0 Å². The summed E-state index contributed by atoms with van der Waals surface area (Å²) in [5.41, 5.74) is -0.0175. The number of carbonyl (C=O) groups is 1. The fourth-order valence-corrected chi connectivity index (χ4v) is 4.04. The molecule has 2 N–H and O–H groups in total. The second-order valence-corrected chi connectivity index (χ2v) is 7.44. The van der Waals surface area contributed by atoms with E-state index < -0.39 is 35.7 Å². The molecule has 0 aromatic heterocycles. The Kier molecular flexibility index (Phi) is 6.38. The molecular formula is C22H25F3N2O3. The fourth-order valence-electron chi connectivity index (χ4n) is 4.04. The summed E-state index contributed by atoms with van der Waals surface area (Å²) >= 11 is 0. The lowest BCUT2D eigenvalue weighted by Crippen LogP contribution is -2.48. The molecule has 0 radical (unpaired) electrons. The van der Waals surface area contributed by atoms with Gasteiger partial charge in [0.1, 0.15) is 11.9 Å². The number of hydrogen-bond acceptors (Lipinski definition) is 4. The molecule has 2 unspecified atom stereocenters. The number of ether oxygens (including phenoxy) is 1. The van der Waals surface area contributed by atoms with Crippen molar-refractivity contribution in [2.75, 3.05) is 25.6 Å². The molecule has 1 heterocycles. The predicted molar refractivity (Wildman–Crippen MR) is 108 cm³/mol. The summed E-state index contributed by atoms with van der Waals surface area (Å²) in [7, 11) is 3.20. The van der Waals surface area contributed by atoms with Crippen LogP contribution in [-0.4, -0.2) is 43.9 Å². The van der Waals surface area contributed by atoms with Gasteiger partial charge in [0.15, 0.2) is 0 Å². The van der Waals surface area contributed by atoms with Crippen LogP contribution < -0.4 is 15.0 Å². The van der Waals surface area contributed by atoms with Gasteiger partial charge in [-0.1, -0.05) is 18.2 Å². The van der Waals surface area contributed by atoms with Crippen molar-refractivity contribution in [3.63, 3.8) is 0 Å². The molecule has 2 aromatic carbocycles. The van der Waals surface area contributed by atoms with Crippen molar-refractivity contribution in [3.8, 4) is 5.75 Å². The topological polar surface area (TPSA) is 61.8 Å². The van der Waals surface area contributed by atoms with E-state index in [9.17, 15) is 23.1 Å². The van der Waals surface area contributed by atoms with Gasteiger partial charge in [0.05, 0.1) is 12.7 Å². The third-order valence-electron chi connectivity index (χ3n) is 5.50. The second kappa shape index (κ2) is 8.65. The molecule has 0 spiro atoms. The minimum absolute atomic E-state index is 0.0127. The number of aliphatic hydroxyl groups excluding tert-OH is 1. The van der Waals surface area contributed by atoms with Crippen molar-refractivity contribution in [3.05, 3.63) is 59.2 Å². The van der Waals surface area contributed by atoms with Crippen LogP contribution in [0.15, 0.2) is 42.5 Å². The number of nitrogens with zero attached hydrogens (tertiary/aromatic N) is 1. The molecule has 1 amide bonds. The number of carbonyl (C=O) groups excluding carboxylic acids is 1. The maximum atomic E-state index is 13.8. The third-order valence-corrected chi connectivity index (χ3v) is 5.50.